The SMILES string of the molecule is Cc1cc(NC(=O)c2ccco2)sc1C(=O)N1CCc2[nH]c3ccccc3c2C1. The monoisotopic (exact) mass is 405 g/mol. The van der Waals surface area contributed by atoms with E-state index in [9.17, 15) is 9.59 Å². The highest BCUT2D eigenvalue weighted by molar-refractivity contribution is 7.18. The van der Waals surface area contributed by atoms with Gasteiger partial charge in [0.2, 0.25) is 0 Å². The zero-order valence-corrected chi connectivity index (χ0v) is 16.6. The summed E-state index contributed by atoms with van der Waals surface area (Å²) in [5.74, 6) is -0.0783. The van der Waals surface area contributed by atoms with Gasteiger partial charge >= 0.3 is 0 Å². The molecule has 4 heterocycles. The molecule has 1 aliphatic rings. The molecule has 0 radical (unpaired) electrons. The first-order chi connectivity index (χ1) is 14.1. The summed E-state index contributed by atoms with van der Waals surface area (Å²) in [6, 6.07) is 13.3. The van der Waals surface area contributed by atoms with Gasteiger partial charge in [0.1, 0.15) is 0 Å². The van der Waals surface area contributed by atoms with Gasteiger partial charge in [-0.1, -0.05) is 18.2 Å². The van der Waals surface area contributed by atoms with Gasteiger partial charge < -0.3 is 19.6 Å². The third-order valence-electron chi connectivity index (χ3n) is 5.26. The van der Waals surface area contributed by atoms with E-state index in [1.807, 2.05) is 30.0 Å². The maximum Gasteiger partial charge on any atom is 0.291 e. The van der Waals surface area contributed by atoms with Gasteiger partial charge in [0.05, 0.1) is 16.1 Å². The summed E-state index contributed by atoms with van der Waals surface area (Å²) in [5.41, 5.74) is 4.38. The molecule has 1 aliphatic heterocycles. The van der Waals surface area contributed by atoms with Crippen LogP contribution in [0.4, 0.5) is 5.00 Å². The summed E-state index contributed by atoms with van der Waals surface area (Å²) in [6.45, 7) is 3.15. The van der Waals surface area contributed by atoms with E-state index in [-0.39, 0.29) is 17.6 Å². The number of furan rings is 1. The van der Waals surface area contributed by atoms with Crippen LogP contribution < -0.4 is 5.32 Å². The van der Waals surface area contributed by atoms with Gasteiger partial charge in [-0.25, -0.2) is 0 Å². The Morgan fingerprint density at radius 2 is 2.07 bits per heavy atom. The van der Waals surface area contributed by atoms with Gasteiger partial charge in [-0.2, -0.15) is 0 Å². The molecule has 0 bridgehead atoms. The number of benzene rings is 1. The third-order valence-corrected chi connectivity index (χ3v) is 6.40. The highest BCUT2D eigenvalue weighted by Gasteiger charge is 2.27. The molecule has 1 aromatic carbocycles. The van der Waals surface area contributed by atoms with E-state index < -0.39 is 0 Å². The largest absolute Gasteiger partial charge is 0.459 e. The molecule has 7 heteroatoms. The van der Waals surface area contributed by atoms with E-state index in [1.165, 1.54) is 34.2 Å². The molecule has 29 heavy (non-hydrogen) atoms. The minimum Gasteiger partial charge on any atom is -0.459 e. The number of aryl methyl sites for hydroxylation is 1. The van der Waals surface area contributed by atoms with Crippen molar-refractivity contribution >= 4 is 39.1 Å². The lowest BCUT2D eigenvalue weighted by molar-refractivity contribution is 0.0739. The maximum absolute atomic E-state index is 13.2. The Balaban J connectivity index is 1.37. The number of aromatic nitrogens is 1. The van der Waals surface area contributed by atoms with Crippen molar-refractivity contribution in [3.8, 4) is 0 Å². The Bertz CT molecular complexity index is 1220. The molecule has 0 saturated carbocycles. The molecule has 5 rings (SSSR count). The number of fused-ring (bicyclic) bond motifs is 3. The van der Waals surface area contributed by atoms with Gasteiger partial charge in [0.25, 0.3) is 11.8 Å². The van der Waals surface area contributed by atoms with Gasteiger partial charge in [0, 0.05) is 41.7 Å². The number of anilines is 1. The molecule has 3 aromatic heterocycles. The second-order valence-corrected chi connectivity index (χ2v) is 8.21. The average molecular weight is 405 g/mol. The minimum atomic E-state index is -0.323. The van der Waals surface area contributed by atoms with Crippen molar-refractivity contribution in [2.24, 2.45) is 0 Å². The second-order valence-electron chi connectivity index (χ2n) is 7.16. The van der Waals surface area contributed by atoms with Crippen molar-refractivity contribution in [1.82, 2.24) is 9.88 Å². The van der Waals surface area contributed by atoms with E-state index in [0.717, 1.165) is 17.5 Å². The summed E-state index contributed by atoms with van der Waals surface area (Å²) in [7, 11) is 0. The van der Waals surface area contributed by atoms with Crippen LogP contribution in [0.1, 0.15) is 37.0 Å². The van der Waals surface area contributed by atoms with Crippen molar-refractivity contribution < 1.29 is 14.0 Å². The number of aromatic amines is 1. The lowest BCUT2D eigenvalue weighted by Gasteiger charge is -2.27. The molecule has 6 nitrogen and oxygen atoms in total. The molecule has 2 N–H and O–H groups in total. The minimum absolute atomic E-state index is 0.00179. The number of hydrogen-bond acceptors (Lipinski definition) is 4. The van der Waals surface area contributed by atoms with Gasteiger partial charge in [-0.3, -0.25) is 9.59 Å². The van der Waals surface area contributed by atoms with Crippen LogP contribution in [0, 0.1) is 6.92 Å². The summed E-state index contributed by atoms with van der Waals surface area (Å²) in [6.07, 6.45) is 2.27. The van der Waals surface area contributed by atoms with Crippen LogP contribution in [0.25, 0.3) is 10.9 Å². The fourth-order valence-corrected chi connectivity index (χ4v) is 4.86. The lowest BCUT2D eigenvalue weighted by Crippen LogP contribution is -2.35. The standard InChI is InChI=1S/C22H19N3O3S/c1-13-11-19(24-21(26)18-7-4-10-28-18)29-20(13)22(27)25-9-8-17-15(12-25)14-5-2-3-6-16(14)23-17/h2-7,10-11,23H,8-9,12H2,1H3,(H,24,26). The van der Waals surface area contributed by atoms with Crippen LogP contribution in [0.5, 0.6) is 0 Å². The third kappa shape index (κ3) is 3.13. The van der Waals surface area contributed by atoms with Crippen LogP contribution in [-0.2, 0) is 13.0 Å². The predicted molar refractivity (Wildman–Crippen MR) is 112 cm³/mol. The maximum atomic E-state index is 13.2. The Labute approximate surface area is 171 Å². The summed E-state index contributed by atoms with van der Waals surface area (Å²) in [5, 5.41) is 4.62. The highest BCUT2D eigenvalue weighted by atomic mass is 32.1. The smallest absolute Gasteiger partial charge is 0.291 e. The number of rotatable bonds is 3. The van der Waals surface area contributed by atoms with Crippen molar-refractivity contribution in [1.29, 1.82) is 0 Å². The Kier molecular flexibility index (Phi) is 4.24. The fraction of sp³-hybridized carbons (Fsp3) is 0.182. The van der Waals surface area contributed by atoms with Gasteiger partial charge in [-0.15, -0.1) is 11.3 Å². The number of carbonyl (C=O) groups is 2. The first-order valence-electron chi connectivity index (χ1n) is 9.43. The summed E-state index contributed by atoms with van der Waals surface area (Å²) in [4.78, 5) is 31.4. The van der Waals surface area contributed by atoms with E-state index in [4.69, 9.17) is 4.42 Å². The Morgan fingerprint density at radius 1 is 1.21 bits per heavy atom. The molecule has 0 fully saturated rings. The van der Waals surface area contributed by atoms with Crippen LogP contribution in [0.2, 0.25) is 0 Å². The van der Waals surface area contributed by atoms with Crippen molar-refractivity contribution in [3.05, 3.63) is 76.2 Å². The summed E-state index contributed by atoms with van der Waals surface area (Å²) >= 11 is 1.30. The molecular formula is C22H19N3O3S. The number of carbonyl (C=O) groups excluding carboxylic acids is 2. The van der Waals surface area contributed by atoms with Gasteiger partial charge in [0.15, 0.2) is 5.76 Å². The number of para-hydroxylation sites is 1. The normalized spacial score (nSPS) is 13.5. The topological polar surface area (TPSA) is 78.3 Å². The van der Waals surface area contributed by atoms with E-state index >= 15 is 0 Å². The predicted octanol–water partition coefficient (Wildman–Crippen LogP) is 4.58. The van der Waals surface area contributed by atoms with Crippen LogP contribution in [0.15, 0.2) is 53.1 Å². The molecule has 0 unspecified atom stereocenters. The molecule has 0 spiro atoms. The second kappa shape index (κ2) is 6.93. The van der Waals surface area contributed by atoms with Crippen molar-refractivity contribution in [3.63, 3.8) is 0 Å². The Morgan fingerprint density at radius 3 is 2.90 bits per heavy atom. The first kappa shape index (κ1) is 17.8. The average Bonchev–Trinajstić information content (AvgIpc) is 3.45. The number of hydrogen-bond donors (Lipinski definition) is 2. The quantitative estimate of drug-likeness (QED) is 0.524. The highest BCUT2D eigenvalue weighted by Crippen LogP contribution is 2.32. The van der Waals surface area contributed by atoms with Crippen molar-refractivity contribution in [2.75, 3.05) is 11.9 Å². The molecule has 0 saturated heterocycles. The van der Waals surface area contributed by atoms with Crippen molar-refractivity contribution in [2.45, 2.75) is 19.9 Å². The van der Waals surface area contributed by atoms with E-state index in [0.29, 0.717) is 23.0 Å². The van der Waals surface area contributed by atoms with Crippen LogP contribution in [-0.4, -0.2) is 28.2 Å². The number of nitrogens with zero attached hydrogens (tertiary/aromatic N) is 1. The molecular weight excluding hydrogens is 386 g/mol. The molecule has 4 aromatic rings. The zero-order chi connectivity index (χ0) is 20.0. The zero-order valence-electron chi connectivity index (χ0n) is 15.8. The van der Waals surface area contributed by atoms with Crippen LogP contribution >= 0.6 is 11.3 Å². The van der Waals surface area contributed by atoms with Gasteiger partial charge in [-0.05, 0) is 36.8 Å². The lowest BCUT2D eigenvalue weighted by atomic mass is 10.0. The number of amides is 2. The number of thiophene rings is 1. The first-order valence-corrected chi connectivity index (χ1v) is 10.2. The Hall–Kier alpha value is -3.32. The number of nitrogens with one attached hydrogen (secondary N) is 2. The molecule has 146 valence electrons. The number of H-pyrrole nitrogens is 1. The molecule has 0 atom stereocenters. The molecule has 2 amide bonds. The molecule has 0 aliphatic carbocycles. The van der Waals surface area contributed by atoms with E-state index in [1.54, 1.807) is 12.1 Å². The summed E-state index contributed by atoms with van der Waals surface area (Å²) < 4.78 is 5.12. The fourth-order valence-electron chi connectivity index (χ4n) is 3.82. The van der Waals surface area contributed by atoms with Crippen LogP contribution in [0.3, 0.4) is 0 Å². The van der Waals surface area contributed by atoms with E-state index in [2.05, 4.69) is 22.4 Å².